The van der Waals surface area contributed by atoms with Gasteiger partial charge in [-0.3, -0.25) is 4.79 Å². The van der Waals surface area contributed by atoms with Crippen LogP contribution in [0.5, 0.6) is 5.75 Å². The lowest BCUT2D eigenvalue weighted by molar-refractivity contribution is -0.116. The van der Waals surface area contributed by atoms with E-state index in [9.17, 15) is 9.18 Å². The molecule has 0 aliphatic rings. The second kappa shape index (κ2) is 8.93. The highest BCUT2D eigenvalue weighted by Crippen LogP contribution is 2.27. The van der Waals surface area contributed by atoms with Crippen molar-refractivity contribution in [3.8, 4) is 17.1 Å². The van der Waals surface area contributed by atoms with Crippen LogP contribution in [-0.4, -0.2) is 22.7 Å². The molecule has 3 aromatic rings. The molecule has 0 fully saturated rings. The fourth-order valence-corrected chi connectivity index (χ4v) is 2.57. The molecule has 0 aliphatic heterocycles. The summed E-state index contributed by atoms with van der Waals surface area (Å²) in [6.45, 7) is 2.45. The van der Waals surface area contributed by atoms with Crippen LogP contribution >= 0.6 is 0 Å². The molecule has 140 valence electrons. The number of anilines is 1. The zero-order chi connectivity index (χ0) is 19.1. The molecule has 0 unspecified atom stereocenters. The lowest BCUT2D eigenvalue weighted by Gasteiger charge is -2.06. The molecule has 27 heavy (non-hydrogen) atoms. The molecular weight excluding hydrogens is 349 g/mol. The fraction of sp³-hybridized carbons (Fsp3) is 0.250. The molecule has 0 spiro atoms. The Bertz CT molecular complexity index is 911. The molecular formula is C20H20FN3O3. The van der Waals surface area contributed by atoms with E-state index in [1.165, 1.54) is 12.1 Å². The van der Waals surface area contributed by atoms with Crippen molar-refractivity contribution in [1.29, 1.82) is 0 Å². The van der Waals surface area contributed by atoms with Gasteiger partial charge >= 0.3 is 0 Å². The molecule has 1 N–H and O–H groups in total. The number of nitrogens with zero attached hydrogens (tertiary/aromatic N) is 2. The van der Waals surface area contributed by atoms with Crippen molar-refractivity contribution in [1.82, 2.24) is 10.1 Å². The maximum absolute atomic E-state index is 13.5. The summed E-state index contributed by atoms with van der Waals surface area (Å²) in [5.74, 6) is 0.860. The van der Waals surface area contributed by atoms with E-state index < -0.39 is 5.82 Å². The summed E-state index contributed by atoms with van der Waals surface area (Å²) in [5.41, 5.74) is 0.932. The van der Waals surface area contributed by atoms with Crippen LogP contribution in [0.15, 0.2) is 53.1 Å². The van der Waals surface area contributed by atoms with E-state index in [2.05, 4.69) is 15.5 Å². The van der Waals surface area contributed by atoms with E-state index in [1.54, 1.807) is 12.1 Å². The van der Waals surface area contributed by atoms with Gasteiger partial charge in [0.25, 0.3) is 0 Å². The average molecular weight is 369 g/mol. The van der Waals surface area contributed by atoms with Crippen LogP contribution in [0.25, 0.3) is 11.4 Å². The molecule has 1 amide bonds. The highest BCUT2D eigenvalue weighted by Gasteiger charge is 2.14. The van der Waals surface area contributed by atoms with Gasteiger partial charge in [-0.05, 0) is 37.6 Å². The number of carbonyl (C=O) groups is 1. The van der Waals surface area contributed by atoms with Crippen molar-refractivity contribution in [3.63, 3.8) is 0 Å². The predicted octanol–water partition coefficient (Wildman–Crippen LogP) is 4.24. The SMILES string of the molecule is CCOc1ccccc1-c1noc(CCCC(=O)Nc2ccccc2F)n1. The number of nitrogens with one attached hydrogen (secondary N) is 1. The lowest BCUT2D eigenvalue weighted by atomic mass is 10.2. The monoisotopic (exact) mass is 369 g/mol. The molecule has 0 atom stereocenters. The van der Waals surface area contributed by atoms with E-state index in [0.717, 1.165) is 5.56 Å². The third-order valence-corrected chi connectivity index (χ3v) is 3.84. The van der Waals surface area contributed by atoms with Crippen LogP contribution in [0.3, 0.4) is 0 Å². The maximum atomic E-state index is 13.5. The number of amides is 1. The van der Waals surface area contributed by atoms with Crippen LogP contribution < -0.4 is 10.1 Å². The first-order chi connectivity index (χ1) is 13.2. The van der Waals surface area contributed by atoms with E-state index in [0.29, 0.717) is 36.9 Å². The Balaban J connectivity index is 1.54. The van der Waals surface area contributed by atoms with Gasteiger partial charge in [0.1, 0.15) is 11.6 Å². The summed E-state index contributed by atoms with van der Waals surface area (Å²) in [7, 11) is 0. The van der Waals surface area contributed by atoms with Gasteiger partial charge in [-0.2, -0.15) is 4.98 Å². The number of ether oxygens (including phenoxy) is 1. The predicted molar refractivity (Wildman–Crippen MR) is 98.9 cm³/mol. The second-order valence-electron chi connectivity index (χ2n) is 5.82. The number of aryl methyl sites for hydroxylation is 1. The van der Waals surface area contributed by atoms with Crippen molar-refractivity contribution < 1.29 is 18.4 Å². The van der Waals surface area contributed by atoms with Gasteiger partial charge in [0.2, 0.25) is 17.6 Å². The normalized spacial score (nSPS) is 10.6. The Morgan fingerprint density at radius 1 is 1.19 bits per heavy atom. The van der Waals surface area contributed by atoms with E-state index in [-0.39, 0.29) is 18.0 Å². The van der Waals surface area contributed by atoms with Gasteiger partial charge in [0.15, 0.2) is 0 Å². The lowest BCUT2D eigenvalue weighted by Crippen LogP contribution is -2.12. The van der Waals surface area contributed by atoms with Crippen LogP contribution in [0.4, 0.5) is 10.1 Å². The number of hydrogen-bond acceptors (Lipinski definition) is 5. The number of hydrogen-bond donors (Lipinski definition) is 1. The Morgan fingerprint density at radius 3 is 2.78 bits per heavy atom. The molecule has 0 aliphatic carbocycles. The minimum absolute atomic E-state index is 0.176. The summed E-state index contributed by atoms with van der Waals surface area (Å²) in [5, 5.41) is 6.54. The van der Waals surface area contributed by atoms with Gasteiger partial charge < -0.3 is 14.6 Å². The zero-order valence-electron chi connectivity index (χ0n) is 14.9. The van der Waals surface area contributed by atoms with E-state index in [4.69, 9.17) is 9.26 Å². The summed E-state index contributed by atoms with van der Waals surface area (Å²) in [4.78, 5) is 16.3. The van der Waals surface area contributed by atoms with Gasteiger partial charge in [0, 0.05) is 12.8 Å². The molecule has 0 radical (unpaired) electrons. The van der Waals surface area contributed by atoms with E-state index in [1.807, 2.05) is 31.2 Å². The summed E-state index contributed by atoms with van der Waals surface area (Å²) in [6, 6.07) is 13.5. The van der Waals surface area contributed by atoms with Crippen molar-refractivity contribution in [2.24, 2.45) is 0 Å². The number of halogens is 1. The smallest absolute Gasteiger partial charge is 0.226 e. The quantitative estimate of drug-likeness (QED) is 0.643. The molecule has 1 aromatic heterocycles. The minimum atomic E-state index is -0.458. The molecule has 2 aromatic carbocycles. The first-order valence-corrected chi connectivity index (χ1v) is 8.76. The number of carbonyl (C=O) groups excluding carboxylic acids is 1. The molecule has 7 heteroatoms. The average Bonchev–Trinajstić information content (AvgIpc) is 3.13. The van der Waals surface area contributed by atoms with E-state index >= 15 is 0 Å². The van der Waals surface area contributed by atoms with Crippen molar-refractivity contribution in [2.45, 2.75) is 26.2 Å². The molecule has 0 bridgehead atoms. The highest BCUT2D eigenvalue weighted by atomic mass is 19.1. The first-order valence-electron chi connectivity index (χ1n) is 8.76. The van der Waals surface area contributed by atoms with Crippen LogP contribution in [0.1, 0.15) is 25.7 Å². The van der Waals surface area contributed by atoms with Crippen LogP contribution in [0.2, 0.25) is 0 Å². The number of aromatic nitrogens is 2. The Morgan fingerprint density at radius 2 is 1.96 bits per heavy atom. The van der Waals surface area contributed by atoms with Crippen LogP contribution in [0, 0.1) is 5.82 Å². The number of rotatable bonds is 8. The van der Waals surface area contributed by atoms with Gasteiger partial charge in [-0.1, -0.05) is 29.4 Å². The Labute approximate surface area is 156 Å². The Kier molecular flexibility index (Phi) is 6.14. The number of benzene rings is 2. The third-order valence-electron chi connectivity index (χ3n) is 3.84. The van der Waals surface area contributed by atoms with Crippen molar-refractivity contribution >= 4 is 11.6 Å². The molecule has 6 nitrogen and oxygen atoms in total. The topological polar surface area (TPSA) is 77.2 Å². The molecule has 0 saturated heterocycles. The fourth-order valence-electron chi connectivity index (χ4n) is 2.57. The zero-order valence-corrected chi connectivity index (χ0v) is 14.9. The minimum Gasteiger partial charge on any atom is -0.493 e. The molecule has 1 heterocycles. The third kappa shape index (κ3) is 4.91. The van der Waals surface area contributed by atoms with Crippen molar-refractivity contribution in [3.05, 3.63) is 60.2 Å². The summed E-state index contributed by atoms with van der Waals surface area (Å²) in [6.07, 6.45) is 1.19. The number of para-hydroxylation sites is 2. The van der Waals surface area contributed by atoms with Gasteiger partial charge in [-0.25, -0.2) is 4.39 Å². The van der Waals surface area contributed by atoms with Crippen molar-refractivity contribution in [2.75, 3.05) is 11.9 Å². The Hall–Kier alpha value is -3.22. The highest BCUT2D eigenvalue weighted by molar-refractivity contribution is 5.90. The molecule has 0 saturated carbocycles. The molecule has 3 rings (SSSR count). The van der Waals surface area contributed by atoms with Crippen LogP contribution in [-0.2, 0) is 11.2 Å². The largest absolute Gasteiger partial charge is 0.493 e. The maximum Gasteiger partial charge on any atom is 0.226 e. The first kappa shape index (κ1) is 18.6. The van der Waals surface area contributed by atoms with Gasteiger partial charge in [-0.15, -0.1) is 0 Å². The standard InChI is InChI=1S/C20H20FN3O3/c1-2-26-17-11-6-3-8-14(17)20-23-19(27-24-20)13-7-12-18(25)22-16-10-5-4-9-15(16)21/h3-6,8-11H,2,7,12-13H2,1H3,(H,22,25). The summed E-state index contributed by atoms with van der Waals surface area (Å²) < 4.78 is 24.4. The second-order valence-corrected chi connectivity index (χ2v) is 5.82. The van der Waals surface area contributed by atoms with Gasteiger partial charge in [0.05, 0.1) is 17.9 Å². The summed E-state index contributed by atoms with van der Waals surface area (Å²) >= 11 is 0.